The molecular weight excluding hydrogens is 648 g/mol. The molecule has 4 nitrogen and oxygen atoms in total. The van der Waals surface area contributed by atoms with Crippen LogP contribution in [0.2, 0.25) is 0 Å². The zero-order valence-electron chi connectivity index (χ0n) is 21.0. The molecule has 20 heteroatoms. The Labute approximate surface area is 232 Å². The summed E-state index contributed by atoms with van der Waals surface area (Å²) in [4.78, 5) is 25.5. The highest BCUT2D eigenvalue weighted by molar-refractivity contribution is 7.07. The average Bonchev–Trinajstić information content (AvgIpc) is 3.16. The summed E-state index contributed by atoms with van der Waals surface area (Å²) in [5.74, 6) is -53.2. The Balaban J connectivity index is 2.49. The highest BCUT2D eigenvalue weighted by atomic mass is 19.2. The zero-order valence-corrected chi connectivity index (χ0v) is 21.0. The number of benzene rings is 3. The predicted octanol–water partition coefficient (Wildman–Crippen LogP) is 4.03. The minimum absolute atomic E-state index is 0.113. The van der Waals surface area contributed by atoms with Gasteiger partial charge in [-0.25, -0.2) is 70.7 Å². The van der Waals surface area contributed by atoms with Gasteiger partial charge in [0.15, 0.2) is 64.1 Å². The molecule has 2 unspecified atom stereocenters. The van der Waals surface area contributed by atoms with Crippen LogP contribution >= 0.6 is 0 Å². The Hall–Kier alpha value is -4.23. The lowest BCUT2D eigenvalue weighted by atomic mass is 9.27. The molecule has 1 heterocycles. The van der Waals surface area contributed by atoms with Crippen molar-refractivity contribution in [2.75, 3.05) is 0 Å². The molecule has 1 fully saturated rings. The number of carbonyl (C=O) groups excluding carboxylic acids is 2. The lowest BCUT2D eigenvalue weighted by Gasteiger charge is -2.48. The van der Waals surface area contributed by atoms with Crippen LogP contribution in [0.15, 0.2) is 0 Å². The van der Waals surface area contributed by atoms with Crippen LogP contribution in [-0.2, 0) is 19.0 Å². The van der Waals surface area contributed by atoms with Crippen molar-refractivity contribution >= 4 is 34.5 Å². The molecule has 1 aliphatic rings. The molecule has 3 aromatic rings. The van der Waals surface area contributed by atoms with Crippen LogP contribution in [0, 0.1) is 87.3 Å². The number of rotatable bonds is 5. The number of hydrogen-bond donors (Lipinski definition) is 0. The molecule has 0 aliphatic carbocycles. The molecule has 1 aliphatic heterocycles. The van der Waals surface area contributed by atoms with E-state index in [0.29, 0.717) is 6.92 Å². The summed E-state index contributed by atoms with van der Waals surface area (Å²) >= 11 is 0. The minimum Gasteiger partial charge on any atom is -0.560 e. The highest BCUT2D eigenvalue weighted by Gasteiger charge is 2.59. The summed E-state index contributed by atoms with van der Waals surface area (Å²) in [6.07, 6.45) is -8.65. The number of ketones is 1. The first-order valence-electron chi connectivity index (χ1n) is 11.4. The number of carbonyl (C=O) groups is 2. The standard InChI is InChI=1S/C24H7BF15O4/c1-3-22(41)24(2,23(42)43-3)44-25(4-7(26)13(32)19(38)14(33)8(4)27,5-9(28)15(34)20(39)16(35)10(5)29)6-11(30)17(36)21(40)18(37)12(6)31/h3H,1-2H3/q-1. The fourth-order valence-corrected chi connectivity index (χ4v) is 4.82. The third-order valence-electron chi connectivity index (χ3n) is 6.88. The number of cyclic esters (lactones) is 1. The first kappa shape index (κ1) is 32.7. The minimum atomic E-state index is -6.58. The molecule has 3 aromatic carbocycles. The van der Waals surface area contributed by atoms with Crippen LogP contribution in [-0.4, -0.2) is 29.8 Å². The Morgan fingerprint density at radius 2 is 0.727 bits per heavy atom. The van der Waals surface area contributed by atoms with Crippen LogP contribution < -0.4 is 16.4 Å². The predicted molar refractivity (Wildman–Crippen MR) is 113 cm³/mol. The van der Waals surface area contributed by atoms with E-state index < -0.39 is 133 Å². The molecule has 0 N–H and O–H groups in total. The fourth-order valence-electron chi connectivity index (χ4n) is 4.82. The van der Waals surface area contributed by atoms with Gasteiger partial charge in [0.2, 0.25) is 12.1 Å². The summed E-state index contributed by atoms with van der Waals surface area (Å²) in [7, 11) is 0. The van der Waals surface area contributed by atoms with E-state index in [4.69, 9.17) is 4.65 Å². The molecule has 0 bridgehead atoms. The van der Waals surface area contributed by atoms with Crippen LogP contribution in [0.4, 0.5) is 65.9 Å². The van der Waals surface area contributed by atoms with Gasteiger partial charge in [0.1, 0.15) is 34.9 Å². The number of esters is 1. The van der Waals surface area contributed by atoms with E-state index >= 15 is 26.3 Å². The number of hydrogen-bond acceptors (Lipinski definition) is 4. The van der Waals surface area contributed by atoms with Gasteiger partial charge >= 0.3 is 5.97 Å². The van der Waals surface area contributed by atoms with E-state index in [9.17, 15) is 49.1 Å². The monoisotopic (exact) mass is 655 g/mol. The first-order chi connectivity index (χ1) is 20.2. The van der Waals surface area contributed by atoms with Gasteiger partial charge in [-0.1, -0.05) is 16.4 Å². The molecular formula is C24H7BF15O4-. The topological polar surface area (TPSA) is 52.6 Å². The van der Waals surface area contributed by atoms with E-state index in [2.05, 4.69) is 4.74 Å². The summed E-state index contributed by atoms with van der Waals surface area (Å²) in [6.45, 7) is 0.806. The third kappa shape index (κ3) is 4.09. The quantitative estimate of drug-likeness (QED) is 0.104. The number of halogens is 15. The SMILES string of the molecule is CC1OC(=O)C(C)(O[B-](c2c(F)c(F)c(F)c(F)c2F)(c2c(F)c(F)c(F)c(F)c2F)c2c(F)c(F)c(F)c(F)c2F)C1=O. The van der Waals surface area contributed by atoms with Crippen molar-refractivity contribution in [3.05, 3.63) is 87.3 Å². The van der Waals surface area contributed by atoms with Crippen LogP contribution in [0.25, 0.3) is 0 Å². The van der Waals surface area contributed by atoms with Crippen molar-refractivity contribution in [3.8, 4) is 0 Å². The third-order valence-corrected chi connectivity index (χ3v) is 6.88. The van der Waals surface area contributed by atoms with Gasteiger partial charge in [-0.3, -0.25) is 4.79 Å². The molecule has 0 radical (unpaired) electrons. The molecule has 44 heavy (non-hydrogen) atoms. The summed E-state index contributed by atoms with van der Waals surface area (Å²) < 4.78 is 231. The van der Waals surface area contributed by atoms with E-state index in [0.717, 1.165) is 0 Å². The largest absolute Gasteiger partial charge is 0.560 e. The molecule has 0 spiro atoms. The summed E-state index contributed by atoms with van der Waals surface area (Å²) in [5.41, 5.74) is -13.2. The lowest BCUT2D eigenvalue weighted by Crippen LogP contribution is -2.78. The van der Waals surface area contributed by atoms with Crippen molar-refractivity contribution in [1.29, 1.82) is 0 Å². The maximum absolute atomic E-state index is 15.4. The molecule has 236 valence electrons. The average molecular weight is 655 g/mol. The van der Waals surface area contributed by atoms with Crippen LogP contribution in [0.5, 0.6) is 0 Å². The second-order valence-electron chi connectivity index (χ2n) is 9.30. The molecule has 4 rings (SSSR count). The highest BCUT2D eigenvalue weighted by Crippen LogP contribution is 2.34. The lowest BCUT2D eigenvalue weighted by molar-refractivity contribution is -0.152. The second kappa shape index (κ2) is 10.4. The van der Waals surface area contributed by atoms with Crippen molar-refractivity contribution in [2.24, 2.45) is 0 Å². The van der Waals surface area contributed by atoms with Crippen molar-refractivity contribution in [3.63, 3.8) is 0 Å². The van der Waals surface area contributed by atoms with Crippen molar-refractivity contribution in [1.82, 2.24) is 0 Å². The van der Waals surface area contributed by atoms with Gasteiger partial charge in [0.05, 0.1) is 0 Å². The fraction of sp³-hybridized carbons (Fsp3) is 0.167. The second-order valence-corrected chi connectivity index (χ2v) is 9.30. The normalized spacial score (nSPS) is 18.8. The van der Waals surface area contributed by atoms with Gasteiger partial charge in [0.25, 0.3) is 0 Å². The first-order valence-corrected chi connectivity index (χ1v) is 11.4. The molecule has 1 saturated heterocycles. The Bertz CT molecular complexity index is 1560. The van der Waals surface area contributed by atoms with Gasteiger partial charge < -0.3 is 9.39 Å². The van der Waals surface area contributed by atoms with Crippen LogP contribution in [0.1, 0.15) is 13.8 Å². The molecule has 2 atom stereocenters. The Morgan fingerprint density at radius 3 is 0.932 bits per heavy atom. The van der Waals surface area contributed by atoms with Gasteiger partial charge in [-0.05, 0) is 13.8 Å². The van der Waals surface area contributed by atoms with Gasteiger partial charge in [-0.15, -0.1) is 0 Å². The van der Waals surface area contributed by atoms with Crippen LogP contribution in [0.3, 0.4) is 0 Å². The van der Waals surface area contributed by atoms with Gasteiger partial charge in [0, 0.05) is 0 Å². The zero-order chi connectivity index (χ0) is 33.5. The van der Waals surface area contributed by atoms with Gasteiger partial charge in [-0.2, -0.15) is 0 Å². The van der Waals surface area contributed by atoms with Crippen molar-refractivity contribution < 1.29 is 84.8 Å². The van der Waals surface area contributed by atoms with E-state index in [1.54, 1.807) is 0 Å². The van der Waals surface area contributed by atoms with Crippen molar-refractivity contribution in [2.45, 2.75) is 25.6 Å². The Kier molecular flexibility index (Phi) is 7.76. The summed E-state index contributed by atoms with van der Waals surface area (Å²) in [5, 5.41) is 0. The van der Waals surface area contributed by atoms with E-state index in [1.807, 2.05) is 0 Å². The maximum atomic E-state index is 15.4. The number of ether oxygens (including phenoxy) is 1. The molecule has 0 saturated carbocycles. The number of Topliss-reactive ketones (excluding diaryl/α,β-unsaturated/α-hetero) is 1. The Morgan fingerprint density at radius 1 is 0.500 bits per heavy atom. The maximum Gasteiger partial charge on any atom is 0.342 e. The molecule has 0 amide bonds. The van der Waals surface area contributed by atoms with E-state index in [1.165, 1.54) is 0 Å². The smallest absolute Gasteiger partial charge is 0.342 e. The summed E-state index contributed by atoms with van der Waals surface area (Å²) in [6, 6.07) is 0. The van der Waals surface area contributed by atoms with E-state index in [-0.39, 0.29) is 6.92 Å². The molecule has 0 aromatic heterocycles.